The summed E-state index contributed by atoms with van der Waals surface area (Å²) in [7, 11) is 0. The second-order valence-corrected chi connectivity index (χ2v) is 5.53. The normalized spacial score (nSPS) is 22.6. The first kappa shape index (κ1) is 11.0. The number of nitrogens with one attached hydrogen (secondary N) is 2. The summed E-state index contributed by atoms with van der Waals surface area (Å²) < 4.78 is 0. The van der Waals surface area contributed by atoms with Crippen molar-refractivity contribution in [1.29, 1.82) is 0 Å². The molecule has 0 spiro atoms. The zero-order valence-corrected chi connectivity index (χ0v) is 10.2. The van der Waals surface area contributed by atoms with Crippen LogP contribution in [0.25, 0.3) is 0 Å². The van der Waals surface area contributed by atoms with Crippen LogP contribution in [0.15, 0.2) is 17.5 Å². The van der Waals surface area contributed by atoms with E-state index in [4.69, 9.17) is 0 Å². The van der Waals surface area contributed by atoms with Crippen molar-refractivity contribution in [3.05, 3.63) is 22.4 Å². The van der Waals surface area contributed by atoms with Crippen LogP contribution in [0.4, 0.5) is 0 Å². The molecule has 3 nitrogen and oxygen atoms in total. The maximum absolute atomic E-state index is 11.8. The fourth-order valence-electron chi connectivity index (χ4n) is 1.49. The molecule has 0 saturated carbocycles. The van der Waals surface area contributed by atoms with E-state index in [1.807, 2.05) is 24.4 Å². The third-order valence-corrected chi connectivity index (χ3v) is 4.36. The molecule has 0 bridgehead atoms. The maximum Gasteiger partial charge on any atom is 0.238 e. The Morgan fingerprint density at radius 1 is 1.73 bits per heavy atom. The first-order chi connectivity index (χ1) is 7.27. The third-order valence-electron chi connectivity index (χ3n) is 2.36. The van der Waals surface area contributed by atoms with Crippen LogP contribution in [0, 0.1) is 0 Å². The van der Waals surface area contributed by atoms with Gasteiger partial charge in [-0.05, 0) is 18.4 Å². The molecule has 2 atom stereocenters. The van der Waals surface area contributed by atoms with Crippen molar-refractivity contribution in [1.82, 2.24) is 10.6 Å². The minimum Gasteiger partial charge on any atom is -0.347 e. The SMILES string of the molecule is CC(NC(=O)[C@H]1CSCN1)c1cccs1. The van der Waals surface area contributed by atoms with Gasteiger partial charge in [0.2, 0.25) is 5.91 Å². The van der Waals surface area contributed by atoms with Crippen LogP contribution in [-0.4, -0.2) is 23.6 Å². The Kier molecular flexibility index (Phi) is 3.66. The lowest BCUT2D eigenvalue weighted by Gasteiger charge is -2.15. The molecule has 1 amide bonds. The molecule has 1 aromatic heterocycles. The highest BCUT2D eigenvalue weighted by Crippen LogP contribution is 2.18. The molecule has 2 heterocycles. The summed E-state index contributed by atoms with van der Waals surface area (Å²) in [6.07, 6.45) is 0. The van der Waals surface area contributed by atoms with Crippen LogP contribution in [0.1, 0.15) is 17.8 Å². The van der Waals surface area contributed by atoms with Crippen molar-refractivity contribution in [2.24, 2.45) is 0 Å². The van der Waals surface area contributed by atoms with Gasteiger partial charge < -0.3 is 5.32 Å². The molecule has 15 heavy (non-hydrogen) atoms. The van der Waals surface area contributed by atoms with E-state index in [1.165, 1.54) is 4.88 Å². The second kappa shape index (κ2) is 5.01. The van der Waals surface area contributed by atoms with E-state index in [0.29, 0.717) is 0 Å². The molecule has 2 rings (SSSR count). The molecule has 2 N–H and O–H groups in total. The van der Waals surface area contributed by atoms with E-state index in [9.17, 15) is 4.79 Å². The highest BCUT2D eigenvalue weighted by molar-refractivity contribution is 7.99. The van der Waals surface area contributed by atoms with Crippen molar-refractivity contribution in [3.63, 3.8) is 0 Å². The highest BCUT2D eigenvalue weighted by atomic mass is 32.2. The molecule has 5 heteroatoms. The Balaban J connectivity index is 1.88. The van der Waals surface area contributed by atoms with E-state index in [-0.39, 0.29) is 18.0 Å². The summed E-state index contributed by atoms with van der Waals surface area (Å²) in [5.41, 5.74) is 0. The number of amides is 1. The van der Waals surface area contributed by atoms with Crippen molar-refractivity contribution in [2.75, 3.05) is 11.6 Å². The lowest BCUT2D eigenvalue weighted by molar-refractivity contribution is -0.123. The first-order valence-corrected chi connectivity index (χ1v) is 6.95. The van der Waals surface area contributed by atoms with Crippen LogP contribution in [-0.2, 0) is 4.79 Å². The molecule has 1 saturated heterocycles. The quantitative estimate of drug-likeness (QED) is 0.845. The van der Waals surface area contributed by atoms with Crippen molar-refractivity contribution < 1.29 is 4.79 Å². The first-order valence-electron chi connectivity index (χ1n) is 4.92. The molecule has 1 aliphatic heterocycles. The van der Waals surface area contributed by atoms with Gasteiger partial charge in [-0.25, -0.2) is 0 Å². The molecule has 1 unspecified atom stereocenters. The van der Waals surface area contributed by atoms with Crippen molar-refractivity contribution >= 4 is 29.0 Å². The number of hydrogen-bond donors (Lipinski definition) is 2. The van der Waals surface area contributed by atoms with E-state index < -0.39 is 0 Å². The molecule has 1 fully saturated rings. The smallest absolute Gasteiger partial charge is 0.238 e. The maximum atomic E-state index is 11.8. The zero-order valence-electron chi connectivity index (χ0n) is 8.53. The number of carbonyl (C=O) groups excluding carboxylic acids is 1. The van der Waals surface area contributed by atoms with Gasteiger partial charge in [0.25, 0.3) is 0 Å². The van der Waals surface area contributed by atoms with E-state index >= 15 is 0 Å². The molecule has 0 aromatic carbocycles. The summed E-state index contributed by atoms with van der Waals surface area (Å²) >= 11 is 3.44. The fraction of sp³-hybridized carbons (Fsp3) is 0.500. The number of thiophene rings is 1. The summed E-state index contributed by atoms with van der Waals surface area (Å²) in [5, 5.41) is 8.21. The molecule has 82 valence electrons. The Hall–Kier alpha value is -0.520. The fourth-order valence-corrected chi connectivity index (χ4v) is 3.16. The summed E-state index contributed by atoms with van der Waals surface area (Å²) in [5.74, 6) is 1.87. The topological polar surface area (TPSA) is 41.1 Å². The van der Waals surface area contributed by atoms with E-state index in [0.717, 1.165) is 11.6 Å². The van der Waals surface area contributed by atoms with Crippen LogP contribution < -0.4 is 10.6 Å². The van der Waals surface area contributed by atoms with E-state index in [2.05, 4.69) is 10.6 Å². The molecular weight excluding hydrogens is 228 g/mol. The van der Waals surface area contributed by atoms with Gasteiger partial charge in [0, 0.05) is 16.5 Å². The molecule has 1 aliphatic rings. The Morgan fingerprint density at radius 2 is 2.60 bits per heavy atom. The zero-order chi connectivity index (χ0) is 10.7. The molecule has 0 radical (unpaired) electrons. The molecular formula is C10H14N2OS2. The average molecular weight is 242 g/mol. The highest BCUT2D eigenvalue weighted by Gasteiger charge is 2.23. The standard InChI is InChI=1S/C10H14N2OS2/c1-7(9-3-2-4-15-9)12-10(13)8-5-14-6-11-8/h2-4,7-8,11H,5-6H2,1H3,(H,12,13)/t7?,8-/m1/s1. The Bertz CT molecular complexity index is 320. The minimum atomic E-state index is -0.0163. The average Bonchev–Trinajstić information content (AvgIpc) is 2.91. The van der Waals surface area contributed by atoms with Gasteiger partial charge in [0.1, 0.15) is 0 Å². The van der Waals surface area contributed by atoms with Gasteiger partial charge in [0.15, 0.2) is 0 Å². The van der Waals surface area contributed by atoms with Gasteiger partial charge >= 0.3 is 0 Å². The second-order valence-electron chi connectivity index (χ2n) is 3.52. The molecule has 0 aliphatic carbocycles. The predicted octanol–water partition coefficient (Wildman–Crippen LogP) is 1.59. The third kappa shape index (κ3) is 2.74. The minimum absolute atomic E-state index is 0.0163. The van der Waals surface area contributed by atoms with Crippen LogP contribution in [0.5, 0.6) is 0 Å². The van der Waals surface area contributed by atoms with Crippen LogP contribution in [0.3, 0.4) is 0 Å². The number of thioether (sulfide) groups is 1. The predicted molar refractivity (Wildman–Crippen MR) is 65.1 cm³/mol. The number of carbonyl (C=O) groups is 1. The summed E-state index contributed by atoms with van der Waals surface area (Å²) in [6.45, 7) is 2.02. The summed E-state index contributed by atoms with van der Waals surface area (Å²) in [6, 6.07) is 4.15. The van der Waals surface area contributed by atoms with Gasteiger partial charge in [-0.15, -0.1) is 23.1 Å². The van der Waals surface area contributed by atoms with Gasteiger partial charge in [0.05, 0.1) is 12.1 Å². The number of hydrogen-bond acceptors (Lipinski definition) is 4. The van der Waals surface area contributed by atoms with Gasteiger partial charge in [-0.2, -0.15) is 0 Å². The van der Waals surface area contributed by atoms with Crippen molar-refractivity contribution in [3.8, 4) is 0 Å². The van der Waals surface area contributed by atoms with Crippen LogP contribution >= 0.6 is 23.1 Å². The number of rotatable bonds is 3. The lowest BCUT2D eigenvalue weighted by Crippen LogP contribution is -2.42. The Labute approximate surface area is 97.6 Å². The van der Waals surface area contributed by atoms with E-state index in [1.54, 1.807) is 23.1 Å². The van der Waals surface area contributed by atoms with Gasteiger partial charge in [-0.3, -0.25) is 10.1 Å². The van der Waals surface area contributed by atoms with Crippen LogP contribution in [0.2, 0.25) is 0 Å². The summed E-state index contributed by atoms with van der Waals surface area (Å²) in [4.78, 5) is 13.0. The Morgan fingerprint density at radius 3 is 3.20 bits per heavy atom. The largest absolute Gasteiger partial charge is 0.347 e. The van der Waals surface area contributed by atoms with Crippen molar-refractivity contribution in [2.45, 2.75) is 19.0 Å². The lowest BCUT2D eigenvalue weighted by atomic mass is 10.2. The van der Waals surface area contributed by atoms with Gasteiger partial charge in [-0.1, -0.05) is 6.07 Å². The monoisotopic (exact) mass is 242 g/mol. The molecule has 1 aromatic rings.